The van der Waals surface area contributed by atoms with Crippen LogP contribution in [-0.4, -0.2) is 17.6 Å². The van der Waals surface area contributed by atoms with Crippen molar-refractivity contribution in [2.75, 3.05) is 6.61 Å². The molecular weight excluding hydrogens is 354 g/mol. The Balaban J connectivity index is 1.74. The van der Waals surface area contributed by atoms with Crippen molar-refractivity contribution in [1.82, 2.24) is 4.98 Å². The number of carbonyl (C=O) groups is 1. The zero-order valence-electron chi connectivity index (χ0n) is 14.3. The summed E-state index contributed by atoms with van der Waals surface area (Å²) in [6.45, 7) is 2.46. The van der Waals surface area contributed by atoms with E-state index in [-0.39, 0.29) is 12.3 Å². The number of carbonyl (C=O) groups excluding carboxylic acids is 1. The van der Waals surface area contributed by atoms with Crippen LogP contribution in [0.15, 0.2) is 59.2 Å². The molecule has 6 heteroatoms. The number of oxazole rings is 1. The van der Waals surface area contributed by atoms with Crippen LogP contribution >= 0.6 is 11.6 Å². The third kappa shape index (κ3) is 4.64. The van der Waals surface area contributed by atoms with Gasteiger partial charge in [0.15, 0.2) is 11.6 Å². The van der Waals surface area contributed by atoms with Crippen LogP contribution in [0.25, 0.3) is 0 Å². The van der Waals surface area contributed by atoms with E-state index in [1.54, 1.807) is 19.1 Å². The van der Waals surface area contributed by atoms with Crippen LogP contribution in [0.1, 0.15) is 34.4 Å². The summed E-state index contributed by atoms with van der Waals surface area (Å²) in [5.41, 5.74) is 2.04. The molecule has 26 heavy (non-hydrogen) atoms. The summed E-state index contributed by atoms with van der Waals surface area (Å²) >= 11 is 6.12. The molecule has 0 aliphatic carbocycles. The van der Waals surface area contributed by atoms with E-state index in [2.05, 4.69) is 4.98 Å². The van der Waals surface area contributed by atoms with Gasteiger partial charge in [-0.3, -0.25) is 0 Å². The molecule has 0 aliphatic rings. The van der Waals surface area contributed by atoms with Crippen molar-refractivity contribution in [2.24, 2.45) is 0 Å². The SMILES string of the molecule is CCOC(=O)c1coc(Cc2cc(Cl)ccc2OCc2ccccc2)n1. The molecule has 3 aromatic rings. The van der Waals surface area contributed by atoms with E-state index in [0.29, 0.717) is 29.7 Å². The molecule has 0 atom stereocenters. The number of halogens is 1. The van der Waals surface area contributed by atoms with Gasteiger partial charge in [0, 0.05) is 10.6 Å². The Hall–Kier alpha value is -2.79. The minimum atomic E-state index is -0.505. The lowest BCUT2D eigenvalue weighted by molar-refractivity contribution is 0.0519. The van der Waals surface area contributed by atoms with Gasteiger partial charge in [0.05, 0.1) is 13.0 Å². The third-order valence-electron chi connectivity index (χ3n) is 3.64. The van der Waals surface area contributed by atoms with Gasteiger partial charge < -0.3 is 13.9 Å². The number of rotatable bonds is 7. The molecule has 1 aromatic heterocycles. The Morgan fingerprint density at radius 2 is 2.00 bits per heavy atom. The van der Waals surface area contributed by atoms with Gasteiger partial charge in [0.25, 0.3) is 0 Å². The van der Waals surface area contributed by atoms with Gasteiger partial charge in [0.1, 0.15) is 18.6 Å². The molecule has 0 saturated carbocycles. The number of ether oxygens (including phenoxy) is 2. The first-order valence-corrected chi connectivity index (χ1v) is 8.60. The van der Waals surface area contributed by atoms with Gasteiger partial charge in [-0.05, 0) is 30.7 Å². The highest BCUT2D eigenvalue weighted by molar-refractivity contribution is 6.30. The number of benzene rings is 2. The van der Waals surface area contributed by atoms with Crippen LogP contribution in [0.4, 0.5) is 0 Å². The van der Waals surface area contributed by atoms with E-state index >= 15 is 0 Å². The summed E-state index contributed by atoms with van der Waals surface area (Å²) in [6.07, 6.45) is 1.65. The first-order valence-electron chi connectivity index (χ1n) is 8.22. The summed E-state index contributed by atoms with van der Waals surface area (Å²) in [4.78, 5) is 15.9. The van der Waals surface area contributed by atoms with Crippen LogP contribution in [0.3, 0.4) is 0 Å². The summed E-state index contributed by atoms with van der Waals surface area (Å²) < 4.78 is 16.2. The maximum absolute atomic E-state index is 11.7. The minimum Gasteiger partial charge on any atom is -0.489 e. The number of aromatic nitrogens is 1. The zero-order valence-corrected chi connectivity index (χ0v) is 15.0. The summed E-state index contributed by atoms with van der Waals surface area (Å²) in [7, 11) is 0. The molecule has 1 heterocycles. The van der Waals surface area contributed by atoms with E-state index in [9.17, 15) is 4.79 Å². The maximum Gasteiger partial charge on any atom is 0.360 e. The lowest BCUT2D eigenvalue weighted by Crippen LogP contribution is -2.05. The Morgan fingerprint density at radius 3 is 2.77 bits per heavy atom. The van der Waals surface area contributed by atoms with Crippen molar-refractivity contribution in [3.8, 4) is 5.75 Å². The number of hydrogen-bond donors (Lipinski definition) is 0. The van der Waals surface area contributed by atoms with Crippen molar-refractivity contribution < 1.29 is 18.7 Å². The van der Waals surface area contributed by atoms with Gasteiger partial charge in [-0.25, -0.2) is 9.78 Å². The smallest absolute Gasteiger partial charge is 0.360 e. The molecule has 0 unspecified atom stereocenters. The van der Waals surface area contributed by atoms with Gasteiger partial charge in [-0.15, -0.1) is 0 Å². The van der Waals surface area contributed by atoms with Crippen molar-refractivity contribution >= 4 is 17.6 Å². The van der Waals surface area contributed by atoms with E-state index in [1.165, 1.54) is 6.26 Å². The molecular formula is C20H18ClNO4. The molecule has 134 valence electrons. The molecule has 0 spiro atoms. The quantitative estimate of drug-likeness (QED) is 0.564. The molecule has 0 bridgehead atoms. The Bertz CT molecular complexity index is 877. The predicted molar refractivity (Wildman–Crippen MR) is 97.5 cm³/mol. The first kappa shape index (κ1) is 18.0. The van der Waals surface area contributed by atoms with Crippen molar-refractivity contribution in [3.05, 3.63) is 82.5 Å². The van der Waals surface area contributed by atoms with E-state index in [4.69, 9.17) is 25.5 Å². The van der Waals surface area contributed by atoms with Crippen LogP contribution in [0.5, 0.6) is 5.75 Å². The second-order valence-corrected chi connectivity index (χ2v) is 5.99. The standard InChI is InChI=1S/C20H18ClNO4/c1-2-24-20(23)17-13-26-19(22-17)11-15-10-16(21)8-9-18(15)25-12-14-6-4-3-5-7-14/h3-10,13H,2,11-12H2,1H3. The molecule has 0 saturated heterocycles. The monoisotopic (exact) mass is 371 g/mol. The van der Waals surface area contributed by atoms with Gasteiger partial charge >= 0.3 is 5.97 Å². The molecule has 0 N–H and O–H groups in total. The summed E-state index contributed by atoms with van der Waals surface area (Å²) in [5, 5.41) is 0.587. The van der Waals surface area contributed by atoms with Gasteiger partial charge in [0.2, 0.25) is 0 Å². The molecule has 0 aliphatic heterocycles. The molecule has 2 aromatic carbocycles. The number of hydrogen-bond acceptors (Lipinski definition) is 5. The average molecular weight is 372 g/mol. The summed E-state index contributed by atoms with van der Waals surface area (Å²) in [5.74, 6) is 0.572. The third-order valence-corrected chi connectivity index (χ3v) is 3.87. The average Bonchev–Trinajstić information content (AvgIpc) is 3.11. The Kier molecular flexibility index (Phi) is 5.92. The van der Waals surface area contributed by atoms with Crippen LogP contribution in [-0.2, 0) is 17.8 Å². The van der Waals surface area contributed by atoms with E-state index in [0.717, 1.165) is 11.1 Å². The van der Waals surface area contributed by atoms with Crippen LogP contribution in [0.2, 0.25) is 5.02 Å². The fourth-order valence-electron chi connectivity index (χ4n) is 2.42. The second-order valence-electron chi connectivity index (χ2n) is 5.55. The molecule has 0 fully saturated rings. The van der Waals surface area contributed by atoms with Crippen LogP contribution < -0.4 is 4.74 Å². The van der Waals surface area contributed by atoms with Crippen LogP contribution in [0, 0.1) is 0 Å². The lowest BCUT2D eigenvalue weighted by atomic mass is 10.1. The predicted octanol–water partition coefficient (Wildman–Crippen LogP) is 4.67. The fraction of sp³-hybridized carbons (Fsp3) is 0.200. The second kappa shape index (κ2) is 8.54. The lowest BCUT2D eigenvalue weighted by Gasteiger charge is -2.11. The Labute approximate surface area is 156 Å². The normalized spacial score (nSPS) is 10.5. The topological polar surface area (TPSA) is 61.6 Å². The number of nitrogens with zero attached hydrogens (tertiary/aromatic N) is 1. The molecule has 0 radical (unpaired) electrons. The minimum absolute atomic E-state index is 0.149. The first-order chi connectivity index (χ1) is 12.7. The maximum atomic E-state index is 11.7. The van der Waals surface area contributed by atoms with Crippen molar-refractivity contribution in [3.63, 3.8) is 0 Å². The highest BCUT2D eigenvalue weighted by Gasteiger charge is 2.15. The van der Waals surface area contributed by atoms with Gasteiger partial charge in [-0.2, -0.15) is 0 Å². The zero-order chi connectivity index (χ0) is 18.4. The highest BCUT2D eigenvalue weighted by atomic mass is 35.5. The highest BCUT2D eigenvalue weighted by Crippen LogP contribution is 2.26. The van der Waals surface area contributed by atoms with Gasteiger partial charge in [-0.1, -0.05) is 41.9 Å². The largest absolute Gasteiger partial charge is 0.489 e. The number of esters is 1. The van der Waals surface area contributed by atoms with Crippen molar-refractivity contribution in [2.45, 2.75) is 20.0 Å². The van der Waals surface area contributed by atoms with E-state index < -0.39 is 5.97 Å². The summed E-state index contributed by atoms with van der Waals surface area (Å²) in [6, 6.07) is 15.3. The molecule has 0 amide bonds. The molecule has 3 rings (SSSR count). The Morgan fingerprint density at radius 1 is 1.19 bits per heavy atom. The fourth-order valence-corrected chi connectivity index (χ4v) is 2.61. The van der Waals surface area contributed by atoms with Crippen molar-refractivity contribution in [1.29, 1.82) is 0 Å². The molecule has 5 nitrogen and oxygen atoms in total. The van der Waals surface area contributed by atoms with E-state index in [1.807, 2.05) is 36.4 Å².